The first-order chi connectivity index (χ1) is 14.3. The second kappa shape index (κ2) is 11.1. The Morgan fingerprint density at radius 2 is 1.45 bits per heavy atom. The van der Waals surface area contributed by atoms with E-state index >= 15 is 0 Å². The Labute approximate surface area is 173 Å². The van der Waals surface area contributed by atoms with Gasteiger partial charge in [0.1, 0.15) is 12.4 Å². The van der Waals surface area contributed by atoms with Crippen LogP contribution < -0.4 is 10.1 Å². The van der Waals surface area contributed by atoms with Crippen LogP contribution in [0.1, 0.15) is 42.4 Å². The molecule has 150 valence electrons. The van der Waals surface area contributed by atoms with Gasteiger partial charge in [-0.1, -0.05) is 86.1 Å². The molecule has 1 amide bonds. The summed E-state index contributed by atoms with van der Waals surface area (Å²) in [7, 11) is 0. The van der Waals surface area contributed by atoms with E-state index < -0.39 is 0 Å². The minimum absolute atomic E-state index is 0.0320. The third-order valence-corrected chi connectivity index (χ3v) is 4.95. The summed E-state index contributed by atoms with van der Waals surface area (Å²) in [6, 6.07) is 28.6. The number of rotatable bonds is 10. The molecule has 3 aromatic rings. The lowest BCUT2D eigenvalue weighted by Gasteiger charge is -2.18. The zero-order valence-corrected chi connectivity index (χ0v) is 17.0. The third-order valence-electron chi connectivity index (χ3n) is 4.95. The van der Waals surface area contributed by atoms with Gasteiger partial charge in [-0.3, -0.25) is 4.79 Å². The van der Waals surface area contributed by atoms with E-state index in [2.05, 4.69) is 48.6 Å². The molecule has 3 heteroatoms. The number of carbonyl (C=O) groups excluding carboxylic acids is 1. The van der Waals surface area contributed by atoms with Crippen LogP contribution in [0.2, 0.25) is 0 Å². The molecule has 0 fully saturated rings. The fourth-order valence-electron chi connectivity index (χ4n) is 3.46. The Morgan fingerprint density at radius 3 is 2.00 bits per heavy atom. The number of carbonyl (C=O) groups is 1. The SMILES string of the molecule is CCCc1ccc(OCCNC(=O)CC(c2ccccc2)c2ccccc2)cc1. The molecule has 0 saturated heterocycles. The van der Waals surface area contributed by atoms with E-state index in [1.165, 1.54) is 5.56 Å². The molecule has 0 aromatic heterocycles. The fourth-order valence-corrected chi connectivity index (χ4v) is 3.46. The molecule has 0 radical (unpaired) electrons. The number of ether oxygens (including phenoxy) is 1. The van der Waals surface area contributed by atoms with Crippen LogP contribution in [0.15, 0.2) is 84.9 Å². The van der Waals surface area contributed by atoms with Gasteiger partial charge in [-0.05, 0) is 35.2 Å². The van der Waals surface area contributed by atoms with Crippen molar-refractivity contribution in [1.29, 1.82) is 0 Å². The minimum atomic E-state index is 0.0320. The lowest BCUT2D eigenvalue weighted by atomic mass is 9.88. The predicted octanol–water partition coefficient (Wildman–Crippen LogP) is 5.36. The van der Waals surface area contributed by atoms with E-state index in [1.54, 1.807) is 0 Å². The zero-order chi connectivity index (χ0) is 20.3. The van der Waals surface area contributed by atoms with Crippen LogP contribution >= 0.6 is 0 Å². The molecule has 3 aromatic carbocycles. The maximum atomic E-state index is 12.6. The summed E-state index contributed by atoms with van der Waals surface area (Å²) < 4.78 is 5.75. The monoisotopic (exact) mass is 387 g/mol. The van der Waals surface area contributed by atoms with Gasteiger partial charge in [0.05, 0.1) is 6.54 Å². The maximum Gasteiger partial charge on any atom is 0.221 e. The second-order valence-electron chi connectivity index (χ2n) is 7.17. The van der Waals surface area contributed by atoms with E-state index in [4.69, 9.17) is 4.74 Å². The Bertz CT molecular complexity index is 821. The van der Waals surface area contributed by atoms with Crippen molar-refractivity contribution in [3.63, 3.8) is 0 Å². The van der Waals surface area contributed by atoms with E-state index in [9.17, 15) is 4.79 Å². The molecular weight excluding hydrogens is 358 g/mol. The molecule has 0 aliphatic heterocycles. The van der Waals surface area contributed by atoms with Gasteiger partial charge in [0.15, 0.2) is 0 Å². The highest BCUT2D eigenvalue weighted by Gasteiger charge is 2.17. The second-order valence-corrected chi connectivity index (χ2v) is 7.17. The lowest BCUT2D eigenvalue weighted by molar-refractivity contribution is -0.121. The van der Waals surface area contributed by atoms with Gasteiger partial charge >= 0.3 is 0 Å². The molecule has 0 unspecified atom stereocenters. The minimum Gasteiger partial charge on any atom is -0.492 e. The first kappa shape index (κ1) is 20.7. The largest absolute Gasteiger partial charge is 0.492 e. The number of aryl methyl sites for hydroxylation is 1. The van der Waals surface area contributed by atoms with Crippen molar-refractivity contribution in [2.45, 2.75) is 32.1 Å². The highest BCUT2D eigenvalue weighted by Crippen LogP contribution is 2.27. The highest BCUT2D eigenvalue weighted by atomic mass is 16.5. The van der Waals surface area contributed by atoms with Gasteiger partial charge in [0.2, 0.25) is 5.91 Å². The van der Waals surface area contributed by atoms with Gasteiger partial charge < -0.3 is 10.1 Å². The molecule has 3 nitrogen and oxygen atoms in total. The van der Waals surface area contributed by atoms with Gasteiger partial charge in [-0.25, -0.2) is 0 Å². The summed E-state index contributed by atoms with van der Waals surface area (Å²) in [5.41, 5.74) is 3.62. The van der Waals surface area contributed by atoms with E-state index in [0.717, 1.165) is 29.7 Å². The Morgan fingerprint density at radius 1 is 0.862 bits per heavy atom. The third kappa shape index (κ3) is 6.49. The Hall–Kier alpha value is -3.07. The standard InChI is InChI=1S/C26H29NO2/c1-2-9-21-14-16-24(17-15-21)29-19-18-27-26(28)20-25(22-10-5-3-6-11-22)23-12-7-4-8-13-23/h3-8,10-17,25H,2,9,18-20H2,1H3,(H,27,28). The van der Waals surface area contributed by atoms with Crippen molar-refractivity contribution >= 4 is 5.91 Å². The molecule has 29 heavy (non-hydrogen) atoms. The number of nitrogens with one attached hydrogen (secondary N) is 1. The van der Waals surface area contributed by atoms with Crippen LogP contribution in [-0.4, -0.2) is 19.1 Å². The maximum absolute atomic E-state index is 12.6. The zero-order valence-electron chi connectivity index (χ0n) is 17.0. The van der Waals surface area contributed by atoms with Crippen molar-refractivity contribution in [2.75, 3.05) is 13.2 Å². The molecule has 0 spiro atoms. The first-order valence-electron chi connectivity index (χ1n) is 10.3. The quantitative estimate of drug-likeness (QED) is 0.476. The summed E-state index contributed by atoms with van der Waals surface area (Å²) in [6.07, 6.45) is 2.64. The van der Waals surface area contributed by atoms with Gasteiger partial charge in [0.25, 0.3) is 0 Å². The summed E-state index contributed by atoms with van der Waals surface area (Å²) in [5.74, 6) is 0.916. The Balaban J connectivity index is 1.50. The van der Waals surface area contributed by atoms with E-state index in [-0.39, 0.29) is 11.8 Å². The number of hydrogen-bond acceptors (Lipinski definition) is 2. The molecule has 0 bridgehead atoms. The van der Waals surface area contributed by atoms with Crippen molar-refractivity contribution in [2.24, 2.45) is 0 Å². The van der Waals surface area contributed by atoms with Crippen molar-refractivity contribution in [3.8, 4) is 5.75 Å². The van der Waals surface area contributed by atoms with Crippen LogP contribution in [0.25, 0.3) is 0 Å². The summed E-state index contributed by atoms with van der Waals surface area (Å²) >= 11 is 0. The van der Waals surface area contributed by atoms with E-state index in [1.807, 2.05) is 48.5 Å². The van der Waals surface area contributed by atoms with Crippen LogP contribution in [0.3, 0.4) is 0 Å². The molecular formula is C26H29NO2. The number of benzene rings is 3. The smallest absolute Gasteiger partial charge is 0.221 e. The fraction of sp³-hybridized carbons (Fsp3) is 0.269. The lowest BCUT2D eigenvalue weighted by Crippen LogP contribution is -2.29. The molecule has 0 heterocycles. The average molecular weight is 388 g/mol. The molecule has 0 saturated carbocycles. The first-order valence-corrected chi connectivity index (χ1v) is 10.3. The van der Waals surface area contributed by atoms with Crippen LogP contribution in [-0.2, 0) is 11.2 Å². The summed E-state index contributed by atoms with van der Waals surface area (Å²) in [6.45, 7) is 3.12. The molecule has 0 atom stereocenters. The van der Waals surface area contributed by atoms with Crippen molar-refractivity contribution in [1.82, 2.24) is 5.32 Å². The predicted molar refractivity (Wildman–Crippen MR) is 118 cm³/mol. The molecule has 0 aliphatic rings. The van der Waals surface area contributed by atoms with Crippen molar-refractivity contribution < 1.29 is 9.53 Å². The number of amides is 1. The average Bonchev–Trinajstić information content (AvgIpc) is 2.77. The topological polar surface area (TPSA) is 38.3 Å². The van der Waals surface area contributed by atoms with E-state index in [0.29, 0.717) is 19.6 Å². The molecule has 3 rings (SSSR count). The van der Waals surface area contributed by atoms with Gasteiger partial charge in [0, 0.05) is 12.3 Å². The number of hydrogen-bond donors (Lipinski definition) is 1. The van der Waals surface area contributed by atoms with Crippen LogP contribution in [0.4, 0.5) is 0 Å². The normalized spacial score (nSPS) is 10.7. The highest BCUT2D eigenvalue weighted by molar-refractivity contribution is 5.77. The van der Waals surface area contributed by atoms with Crippen molar-refractivity contribution in [3.05, 3.63) is 102 Å². The van der Waals surface area contributed by atoms with Gasteiger partial charge in [-0.15, -0.1) is 0 Å². The van der Waals surface area contributed by atoms with Crippen LogP contribution in [0, 0.1) is 0 Å². The molecule has 1 N–H and O–H groups in total. The van der Waals surface area contributed by atoms with Gasteiger partial charge in [-0.2, -0.15) is 0 Å². The summed E-state index contributed by atoms with van der Waals surface area (Å²) in [5, 5.41) is 2.99. The summed E-state index contributed by atoms with van der Waals surface area (Å²) in [4.78, 5) is 12.6. The Kier molecular flexibility index (Phi) is 7.88. The van der Waals surface area contributed by atoms with Crippen LogP contribution in [0.5, 0.6) is 5.75 Å². The molecule has 0 aliphatic carbocycles.